The van der Waals surface area contributed by atoms with Gasteiger partial charge in [-0.3, -0.25) is 0 Å². The predicted octanol–water partition coefficient (Wildman–Crippen LogP) is 4.31. The molecule has 1 N–H and O–H groups in total. The fourth-order valence-corrected chi connectivity index (χ4v) is 3.26. The molecule has 3 heteroatoms. The Hall–Kier alpha value is -1.51. The zero-order chi connectivity index (χ0) is 13.1. The number of oxazole rings is 1. The van der Waals surface area contributed by atoms with E-state index in [9.17, 15) is 0 Å². The summed E-state index contributed by atoms with van der Waals surface area (Å²) in [5.74, 6) is 3.36. The van der Waals surface area contributed by atoms with Gasteiger partial charge in [-0.15, -0.1) is 0 Å². The van der Waals surface area contributed by atoms with E-state index in [4.69, 9.17) is 4.42 Å². The Morgan fingerprint density at radius 2 is 1.80 bits per heavy atom. The van der Waals surface area contributed by atoms with Crippen LogP contribution in [0.2, 0.25) is 0 Å². The van der Waals surface area contributed by atoms with Crippen molar-refractivity contribution in [3.8, 4) is 0 Å². The number of hydrogen-bond donors (Lipinski definition) is 1. The van der Waals surface area contributed by atoms with Crippen LogP contribution in [-0.4, -0.2) is 11.0 Å². The van der Waals surface area contributed by atoms with E-state index in [1.807, 2.05) is 0 Å². The summed E-state index contributed by atoms with van der Waals surface area (Å²) < 4.78 is 5.83. The monoisotopic (exact) mass is 268 g/mol. The molecule has 3 saturated carbocycles. The average molecular weight is 268 g/mol. The highest BCUT2D eigenvalue weighted by atomic mass is 16.3. The van der Waals surface area contributed by atoms with Gasteiger partial charge >= 0.3 is 0 Å². The minimum atomic E-state index is 0.587. The number of anilines is 1. The molecular formula is C17H20N2O. The summed E-state index contributed by atoms with van der Waals surface area (Å²) in [7, 11) is 0. The van der Waals surface area contributed by atoms with Gasteiger partial charge in [0, 0.05) is 17.6 Å². The number of hydrogen-bond acceptors (Lipinski definition) is 3. The topological polar surface area (TPSA) is 38.1 Å². The van der Waals surface area contributed by atoms with Crippen molar-refractivity contribution in [1.29, 1.82) is 0 Å². The number of fused-ring (bicyclic) bond motifs is 1. The minimum Gasteiger partial charge on any atom is -0.440 e. The normalized spacial score (nSPS) is 22.6. The first-order valence-electron chi connectivity index (χ1n) is 8.04. The van der Waals surface area contributed by atoms with Crippen molar-refractivity contribution in [1.82, 2.24) is 4.98 Å². The van der Waals surface area contributed by atoms with Gasteiger partial charge in [0.1, 0.15) is 5.52 Å². The van der Waals surface area contributed by atoms with Crippen molar-refractivity contribution in [2.45, 2.75) is 50.5 Å². The lowest BCUT2D eigenvalue weighted by atomic mass is 10.1. The fourth-order valence-electron chi connectivity index (χ4n) is 3.26. The number of rotatable bonds is 5. The largest absolute Gasteiger partial charge is 0.440 e. The van der Waals surface area contributed by atoms with Crippen LogP contribution in [0.1, 0.15) is 50.3 Å². The maximum atomic E-state index is 5.83. The molecule has 2 aromatic rings. The summed E-state index contributed by atoms with van der Waals surface area (Å²) in [6.45, 7) is 0. The van der Waals surface area contributed by atoms with E-state index in [2.05, 4.69) is 28.5 Å². The van der Waals surface area contributed by atoms with Crippen molar-refractivity contribution >= 4 is 16.8 Å². The Morgan fingerprint density at radius 1 is 1.05 bits per heavy atom. The molecule has 0 amide bonds. The molecule has 0 bridgehead atoms. The van der Waals surface area contributed by atoms with Crippen molar-refractivity contribution < 1.29 is 4.42 Å². The molecule has 1 aromatic carbocycles. The zero-order valence-electron chi connectivity index (χ0n) is 11.6. The zero-order valence-corrected chi connectivity index (χ0v) is 11.6. The summed E-state index contributed by atoms with van der Waals surface area (Å²) in [6.07, 6.45) is 8.11. The Morgan fingerprint density at radius 3 is 2.45 bits per heavy atom. The molecule has 5 rings (SSSR count). The highest BCUT2D eigenvalue weighted by molar-refractivity contribution is 5.77. The van der Waals surface area contributed by atoms with Crippen LogP contribution in [0.25, 0.3) is 11.1 Å². The Kier molecular flexibility index (Phi) is 2.24. The molecule has 1 heterocycles. The van der Waals surface area contributed by atoms with E-state index >= 15 is 0 Å². The second kappa shape index (κ2) is 4.00. The second-order valence-corrected chi connectivity index (χ2v) is 6.85. The van der Waals surface area contributed by atoms with Crippen LogP contribution in [-0.2, 0) is 0 Å². The van der Waals surface area contributed by atoms with Gasteiger partial charge in [0.15, 0.2) is 11.5 Å². The maximum absolute atomic E-state index is 5.83. The van der Waals surface area contributed by atoms with Crippen LogP contribution in [0.3, 0.4) is 0 Å². The maximum Gasteiger partial charge on any atom is 0.198 e. The lowest BCUT2D eigenvalue weighted by Crippen LogP contribution is -2.24. The van der Waals surface area contributed by atoms with Gasteiger partial charge in [-0.05, 0) is 68.6 Å². The predicted molar refractivity (Wildman–Crippen MR) is 78.8 cm³/mol. The quantitative estimate of drug-likeness (QED) is 0.878. The first-order valence-corrected chi connectivity index (χ1v) is 8.04. The van der Waals surface area contributed by atoms with Crippen LogP contribution in [0.5, 0.6) is 0 Å². The molecule has 3 nitrogen and oxygen atoms in total. The fraction of sp³-hybridized carbons (Fsp3) is 0.588. The van der Waals surface area contributed by atoms with Gasteiger partial charge in [0.2, 0.25) is 0 Å². The SMILES string of the molecule is c1cc2oc(C3CC3)nc2cc1NC(C1CC1)C1CC1. The van der Waals surface area contributed by atoms with Crippen LogP contribution in [0.15, 0.2) is 22.6 Å². The molecule has 104 valence electrons. The highest BCUT2D eigenvalue weighted by Crippen LogP contribution is 2.46. The van der Waals surface area contributed by atoms with Crippen LogP contribution in [0, 0.1) is 11.8 Å². The number of aromatic nitrogens is 1. The number of nitrogens with one attached hydrogen (secondary N) is 1. The molecular weight excluding hydrogens is 248 g/mol. The summed E-state index contributed by atoms with van der Waals surface area (Å²) in [5.41, 5.74) is 3.17. The standard InChI is InChI=1S/C17H20N2O/c1-2-10(1)16(11-3-4-11)18-13-7-8-15-14(9-13)19-17(20-15)12-5-6-12/h7-12,16,18H,1-6H2. The van der Waals surface area contributed by atoms with Crippen LogP contribution >= 0.6 is 0 Å². The van der Waals surface area contributed by atoms with E-state index in [0.717, 1.165) is 28.8 Å². The Balaban J connectivity index is 1.43. The summed E-state index contributed by atoms with van der Waals surface area (Å²) in [5, 5.41) is 3.77. The van der Waals surface area contributed by atoms with E-state index in [0.29, 0.717) is 12.0 Å². The van der Waals surface area contributed by atoms with Gasteiger partial charge in [-0.2, -0.15) is 0 Å². The summed E-state index contributed by atoms with van der Waals surface area (Å²) in [4.78, 5) is 4.66. The number of nitrogens with zero attached hydrogens (tertiary/aromatic N) is 1. The molecule has 20 heavy (non-hydrogen) atoms. The Labute approximate surface area is 118 Å². The number of benzene rings is 1. The van der Waals surface area contributed by atoms with E-state index in [1.54, 1.807) is 0 Å². The van der Waals surface area contributed by atoms with Crippen molar-refractivity contribution in [2.75, 3.05) is 5.32 Å². The van der Waals surface area contributed by atoms with Gasteiger partial charge in [-0.25, -0.2) is 4.98 Å². The van der Waals surface area contributed by atoms with E-state index in [1.165, 1.54) is 44.2 Å². The average Bonchev–Trinajstić information content (AvgIpc) is 3.33. The van der Waals surface area contributed by atoms with Crippen molar-refractivity contribution in [3.05, 3.63) is 24.1 Å². The molecule has 0 aliphatic heterocycles. The molecule has 0 unspecified atom stereocenters. The molecule has 0 atom stereocenters. The van der Waals surface area contributed by atoms with Crippen LogP contribution in [0.4, 0.5) is 5.69 Å². The molecule has 0 saturated heterocycles. The smallest absolute Gasteiger partial charge is 0.198 e. The van der Waals surface area contributed by atoms with Gasteiger partial charge in [-0.1, -0.05) is 0 Å². The molecule has 1 aromatic heterocycles. The minimum absolute atomic E-state index is 0.587. The third-order valence-electron chi connectivity index (χ3n) is 4.92. The third kappa shape index (κ3) is 2.00. The molecule has 0 spiro atoms. The van der Waals surface area contributed by atoms with Crippen molar-refractivity contribution in [2.24, 2.45) is 11.8 Å². The lowest BCUT2D eigenvalue weighted by Gasteiger charge is -2.18. The Bertz CT molecular complexity index is 638. The summed E-state index contributed by atoms with van der Waals surface area (Å²) in [6, 6.07) is 7.10. The highest BCUT2D eigenvalue weighted by Gasteiger charge is 2.41. The van der Waals surface area contributed by atoms with E-state index < -0.39 is 0 Å². The molecule has 3 fully saturated rings. The van der Waals surface area contributed by atoms with Crippen LogP contribution < -0.4 is 5.32 Å². The van der Waals surface area contributed by atoms with Crippen molar-refractivity contribution in [3.63, 3.8) is 0 Å². The van der Waals surface area contributed by atoms with Gasteiger partial charge < -0.3 is 9.73 Å². The molecule has 0 radical (unpaired) electrons. The van der Waals surface area contributed by atoms with E-state index in [-0.39, 0.29) is 0 Å². The second-order valence-electron chi connectivity index (χ2n) is 6.85. The summed E-state index contributed by atoms with van der Waals surface area (Å²) >= 11 is 0. The van der Waals surface area contributed by atoms with Gasteiger partial charge in [0.25, 0.3) is 0 Å². The lowest BCUT2D eigenvalue weighted by molar-refractivity contribution is 0.533. The first-order chi connectivity index (χ1) is 9.87. The first kappa shape index (κ1) is 11.2. The molecule has 3 aliphatic rings. The molecule has 3 aliphatic carbocycles. The van der Waals surface area contributed by atoms with Gasteiger partial charge in [0.05, 0.1) is 0 Å². The third-order valence-corrected chi connectivity index (χ3v) is 4.92.